The molecule has 1 aliphatic rings. The fourth-order valence-corrected chi connectivity index (χ4v) is 3.50. The molecule has 1 saturated carbocycles. The molecule has 1 aliphatic carbocycles. The van der Waals surface area contributed by atoms with Crippen LogP contribution in [0, 0.1) is 17.8 Å². The Kier molecular flexibility index (Phi) is 6.18. The molecule has 0 amide bonds. The summed E-state index contributed by atoms with van der Waals surface area (Å²) in [7, 11) is 4.48. The van der Waals surface area contributed by atoms with Gasteiger partial charge in [-0.25, -0.2) is 0 Å². The molecule has 0 spiro atoms. The molecule has 2 nitrogen and oxygen atoms in total. The summed E-state index contributed by atoms with van der Waals surface area (Å²) in [5, 5.41) is 3.69. The molecule has 3 atom stereocenters. The second-order valence-corrected chi connectivity index (χ2v) is 5.94. The molecule has 2 heteroatoms. The molecule has 0 aromatic heterocycles. The predicted molar refractivity (Wildman–Crippen MR) is 79.6 cm³/mol. The second kappa shape index (κ2) is 7.16. The molecule has 0 heterocycles. The zero-order valence-electron chi connectivity index (χ0n) is 12.8. The molecule has 1 N–H and O–H groups in total. The maximum absolute atomic E-state index is 3.69. The summed E-state index contributed by atoms with van der Waals surface area (Å²) in [6, 6.07) is 0.493. The van der Waals surface area contributed by atoms with E-state index < -0.39 is 0 Å². The monoisotopic (exact) mass is 250 g/mol. The molecule has 0 radical (unpaired) electrons. The summed E-state index contributed by atoms with van der Waals surface area (Å²) in [5.74, 6) is 7.17. The van der Waals surface area contributed by atoms with E-state index in [0.29, 0.717) is 6.04 Å². The highest BCUT2D eigenvalue weighted by atomic mass is 15.2. The minimum Gasteiger partial charge on any atom is -0.312 e. The van der Waals surface area contributed by atoms with Crippen LogP contribution in [0.1, 0.15) is 52.9 Å². The Bertz CT molecular complexity index is 300. The van der Waals surface area contributed by atoms with E-state index in [4.69, 9.17) is 0 Å². The molecule has 0 aliphatic heterocycles. The van der Waals surface area contributed by atoms with Gasteiger partial charge in [-0.2, -0.15) is 0 Å². The Hall–Kier alpha value is -0.520. The lowest BCUT2D eigenvalue weighted by Gasteiger charge is -2.50. The van der Waals surface area contributed by atoms with Gasteiger partial charge in [0.1, 0.15) is 0 Å². The Morgan fingerprint density at radius 1 is 1.44 bits per heavy atom. The number of rotatable bonds is 5. The topological polar surface area (TPSA) is 15.3 Å². The first-order valence-electron chi connectivity index (χ1n) is 7.37. The average molecular weight is 250 g/mol. The van der Waals surface area contributed by atoms with E-state index in [9.17, 15) is 0 Å². The lowest BCUT2D eigenvalue weighted by molar-refractivity contribution is 0.0394. The van der Waals surface area contributed by atoms with E-state index in [0.717, 1.165) is 18.9 Å². The Balaban J connectivity index is 2.92. The van der Waals surface area contributed by atoms with Crippen molar-refractivity contribution in [3.63, 3.8) is 0 Å². The molecule has 0 aromatic carbocycles. The van der Waals surface area contributed by atoms with Crippen molar-refractivity contribution < 1.29 is 0 Å². The van der Waals surface area contributed by atoms with Crippen molar-refractivity contribution in [2.24, 2.45) is 5.92 Å². The molecule has 1 rings (SSSR count). The number of nitrogens with one attached hydrogen (secondary N) is 1. The maximum Gasteiger partial charge on any atom is 0.0368 e. The standard InChI is InChI=1S/C16H30N2/c1-6-8-11-15(17-7-2)16(18(4)5)12-9-10-14(3)13-16/h14-15,17H,7,9-13H2,1-5H3. The van der Waals surface area contributed by atoms with Gasteiger partial charge >= 0.3 is 0 Å². The highest BCUT2D eigenvalue weighted by molar-refractivity contribution is 5.08. The number of likely N-dealkylation sites (N-methyl/N-ethyl adjacent to an activating group) is 2. The van der Waals surface area contributed by atoms with Crippen LogP contribution in [-0.4, -0.2) is 37.1 Å². The summed E-state index contributed by atoms with van der Waals surface area (Å²) in [4.78, 5) is 2.45. The summed E-state index contributed by atoms with van der Waals surface area (Å²) in [6.45, 7) is 7.56. The third kappa shape index (κ3) is 3.49. The van der Waals surface area contributed by atoms with Gasteiger partial charge in [0, 0.05) is 18.0 Å². The zero-order chi connectivity index (χ0) is 13.6. The van der Waals surface area contributed by atoms with Crippen molar-refractivity contribution in [1.29, 1.82) is 0 Å². The lowest BCUT2D eigenvalue weighted by atomic mass is 9.70. The number of hydrogen-bond acceptors (Lipinski definition) is 2. The molecular formula is C16H30N2. The van der Waals surface area contributed by atoms with E-state index in [1.165, 1.54) is 25.7 Å². The van der Waals surface area contributed by atoms with Crippen molar-refractivity contribution in [2.75, 3.05) is 20.6 Å². The highest BCUT2D eigenvalue weighted by Crippen LogP contribution is 2.39. The van der Waals surface area contributed by atoms with Gasteiger partial charge in [-0.05, 0) is 46.3 Å². The van der Waals surface area contributed by atoms with Crippen LogP contribution < -0.4 is 5.32 Å². The molecule has 0 aromatic rings. The van der Waals surface area contributed by atoms with Crippen molar-refractivity contribution in [1.82, 2.24) is 10.2 Å². The first-order valence-corrected chi connectivity index (χ1v) is 7.37. The van der Waals surface area contributed by atoms with E-state index in [1.54, 1.807) is 0 Å². The zero-order valence-corrected chi connectivity index (χ0v) is 12.8. The molecule has 0 saturated heterocycles. The van der Waals surface area contributed by atoms with Crippen LogP contribution in [0.2, 0.25) is 0 Å². The lowest BCUT2D eigenvalue weighted by Crippen LogP contribution is -2.60. The van der Waals surface area contributed by atoms with Gasteiger partial charge in [0.05, 0.1) is 0 Å². The van der Waals surface area contributed by atoms with Crippen LogP contribution in [0.15, 0.2) is 0 Å². The third-order valence-corrected chi connectivity index (χ3v) is 4.48. The predicted octanol–water partition coefficient (Wildman–Crippen LogP) is 2.89. The summed E-state index contributed by atoms with van der Waals surface area (Å²) in [6.07, 6.45) is 6.29. The van der Waals surface area contributed by atoms with Gasteiger partial charge in [-0.15, -0.1) is 11.8 Å². The normalized spacial score (nSPS) is 29.8. The van der Waals surface area contributed by atoms with Crippen LogP contribution in [0.3, 0.4) is 0 Å². The van der Waals surface area contributed by atoms with Gasteiger partial charge in [0.25, 0.3) is 0 Å². The summed E-state index contributed by atoms with van der Waals surface area (Å²) >= 11 is 0. The van der Waals surface area contributed by atoms with Crippen molar-refractivity contribution >= 4 is 0 Å². The Morgan fingerprint density at radius 3 is 2.67 bits per heavy atom. The SMILES string of the molecule is CC#CCC(NCC)C1(N(C)C)CCCC(C)C1. The minimum atomic E-state index is 0.289. The van der Waals surface area contributed by atoms with Crippen molar-refractivity contribution in [2.45, 2.75) is 64.5 Å². The average Bonchev–Trinajstić information content (AvgIpc) is 2.34. The third-order valence-electron chi connectivity index (χ3n) is 4.48. The van der Waals surface area contributed by atoms with Crippen LogP contribution >= 0.6 is 0 Å². The largest absolute Gasteiger partial charge is 0.312 e. The van der Waals surface area contributed by atoms with E-state index in [1.807, 2.05) is 6.92 Å². The van der Waals surface area contributed by atoms with Gasteiger partial charge in [-0.3, -0.25) is 0 Å². The van der Waals surface area contributed by atoms with Crippen LogP contribution in [-0.2, 0) is 0 Å². The van der Waals surface area contributed by atoms with Crippen LogP contribution in [0.25, 0.3) is 0 Å². The molecule has 0 bridgehead atoms. The first-order chi connectivity index (χ1) is 8.56. The van der Waals surface area contributed by atoms with Crippen molar-refractivity contribution in [3.05, 3.63) is 0 Å². The number of nitrogens with zero attached hydrogens (tertiary/aromatic N) is 1. The van der Waals surface area contributed by atoms with Crippen molar-refractivity contribution in [3.8, 4) is 11.8 Å². The fraction of sp³-hybridized carbons (Fsp3) is 0.875. The molecule has 18 heavy (non-hydrogen) atoms. The van der Waals surface area contributed by atoms with E-state index in [-0.39, 0.29) is 5.54 Å². The minimum absolute atomic E-state index is 0.289. The number of hydrogen-bond donors (Lipinski definition) is 1. The molecular weight excluding hydrogens is 220 g/mol. The molecule has 1 fully saturated rings. The fourth-order valence-electron chi connectivity index (χ4n) is 3.50. The highest BCUT2D eigenvalue weighted by Gasteiger charge is 2.42. The second-order valence-electron chi connectivity index (χ2n) is 5.94. The van der Waals surface area contributed by atoms with Gasteiger partial charge in [0.15, 0.2) is 0 Å². The quantitative estimate of drug-likeness (QED) is 0.755. The Morgan fingerprint density at radius 2 is 2.17 bits per heavy atom. The van der Waals surface area contributed by atoms with Crippen LogP contribution in [0.5, 0.6) is 0 Å². The molecule has 3 unspecified atom stereocenters. The van der Waals surface area contributed by atoms with Gasteiger partial charge in [-0.1, -0.05) is 26.7 Å². The van der Waals surface area contributed by atoms with Gasteiger partial charge in [0.2, 0.25) is 0 Å². The molecule has 104 valence electrons. The van der Waals surface area contributed by atoms with E-state index >= 15 is 0 Å². The Labute approximate surface area is 114 Å². The summed E-state index contributed by atoms with van der Waals surface area (Å²) in [5.41, 5.74) is 0.289. The van der Waals surface area contributed by atoms with Gasteiger partial charge < -0.3 is 10.2 Å². The summed E-state index contributed by atoms with van der Waals surface area (Å²) < 4.78 is 0. The van der Waals surface area contributed by atoms with E-state index in [2.05, 4.69) is 50.0 Å². The van der Waals surface area contributed by atoms with Crippen LogP contribution in [0.4, 0.5) is 0 Å². The smallest absolute Gasteiger partial charge is 0.0368 e. The maximum atomic E-state index is 3.69. The first kappa shape index (κ1) is 15.5.